The molecular weight excluding hydrogens is 226 g/mol. The van der Waals surface area contributed by atoms with E-state index in [0.29, 0.717) is 6.54 Å². The van der Waals surface area contributed by atoms with Crippen LogP contribution in [0.3, 0.4) is 0 Å². The van der Waals surface area contributed by atoms with Gasteiger partial charge >= 0.3 is 0 Å². The summed E-state index contributed by atoms with van der Waals surface area (Å²) in [5.74, 6) is 0.251. The van der Waals surface area contributed by atoms with Gasteiger partial charge < -0.3 is 10.2 Å². The molecule has 1 fully saturated rings. The first kappa shape index (κ1) is 13.0. The molecule has 4 nitrogen and oxygen atoms in total. The Bertz CT molecular complexity index is 399. The summed E-state index contributed by atoms with van der Waals surface area (Å²) in [5.41, 5.74) is 0.922. The molecule has 0 spiro atoms. The van der Waals surface area contributed by atoms with Crippen LogP contribution in [0.25, 0.3) is 0 Å². The fraction of sp³-hybridized carbons (Fsp3) is 0.571. The van der Waals surface area contributed by atoms with Gasteiger partial charge in [-0.3, -0.25) is 9.78 Å². The summed E-state index contributed by atoms with van der Waals surface area (Å²) < 4.78 is 0. The van der Waals surface area contributed by atoms with E-state index in [1.807, 2.05) is 24.1 Å². The van der Waals surface area contributed by atoms with E-state index in [1.54, 1.807) is 12.4 Å². The van der Waals surface area contributed by atoms with Gasteiger partial charge in [-0.25, -0.2) is 0 Å². The molecule has 1 amide bonds. The number of carbonyl (C=O) groups is 1. The van der Waals surface area contributed by atoms with Crippen LogP contribution in [0.15, 0.2) is 24.5 Å². The SMILES string of the molecule is CN(Cc1ccncc1)C(=O)C1(C)CCNCC1. The lowest BCUT2D eigenvalue weighted by Crippen LogP contribution is -2.46. The number of rotatable bonds is 3. The van der Waals surface area contributed by atoms with Gasteiger partial charge in [-0.05, 0) is 43.6 Å². The molecule has 1 aliphatic heterocycles. The smallest absolute Gasteiger partial charge is 0.228 e. The topological polar surface area (TPSA) is 45.2 Å². The molecule has 2 heterocycles. The lowest BCUT2D eigenvalue weighted by Gasteiger charge is -2.36. The Hall–Kier alpha value is -1.42. The lowest BCUT2D eigenvalue weighted by molar-refractivity contribution is -0.141. The summed E-state index contributed by atoms with van der Waals surface area (Å²) in [6.07, 6.45) is 5.37. The van der Waals surface area contributed by atoms with Crippen LogP contribution in [0, 0.1) is 5.41 Å². The molecule has 2 rings (SSSR count). The van der Waals surface area contributed by atoms with Crippen molar-refractivity contribution < 1.29 is 4.79 Å². The van der Waals surface area contributed by atoms with Crippen molar-refractivity contribution in [1.29, 1.82) is 0 Å². The molecular formula is C14H21N3O. The van der Waals surface area contributed by atoms with Gasteiger partial charge in [0.05, 0.1) is 0 Å². The minimum atomic E-state index is -0.201. The highest BCUT2D eigenvalue weighted by atomic mass is 16.2. The van der Waals surface area contributed by atoms with Gasteiger partial charge in [-0.15, -0.1) is 0 Å². The summed E-state index contributed by atoms with van der Waals surface area (Å²) in [6, 6.07) is 3.91. The predicted octanol–water partition coefficient (Wildman–Crippen LogP) is 1.43. The molecule has 0 aromatic carbocycles. The van der Waals surface area contributed by atoms with Crippen LogP contribution in [0.1, 0.15) is 25.3 Å². The first-order valence-electron chi connectivity index (χ1n) is 6.47. The third-order valence-electron chi connectivity index (χ3n) is 3.74. The van der Waals surface area contributed by atoms with Crippen molar-refractivity contribution in [2.75, 3.05) is 20.1 Å². The highest BCUT2D eigenvalue weighted by Crippen LogP contribution is 2.30. The number of aromatic nitrogens is 1. The van der Waals surface area contributed by atoms with Gasteiger partial charge in [0.25, 0.3) is 0 Å². The van der Waals surface area contributed by atoms with Crippen LogP contribution in [-0.4, -0.2) is 35.9 Å². The summed E-state index contributed by atoms with van der Waals surface area (Å²) >= 11 is 0. The molecule has 1 aromatic rings. The summed E-state index contributed by atoms with van der Waals surface area (Å²) in [4.78, 5) is 18.3. The average molecular weight is 247 g/mol. The number of piperidine rings is 1. The zero-order valence-corrected chi connectivity index (χ0v) is 11.1. The maximum absolute atomic E-state index is 12.5. The van der Waals surface area contributed by atoms with Gasteiger partial charge in [-0.2, -0.15) is 0 Å². The zero-order valence-electron chi connectivity index (χ0n) is 11.1. The van der Waals surface area contributed by atoms with Crippen molar-refractivity contribution in [1.82, 2.24) is 15.2 Å². The number of nitrogens with one attached hydrogen (secondary N) is 1. The molecule has 0 atom stereocenters. The standard InChI is InChI=1S/C14H21N3O/c1-14(5-9-16-10-6-14)13(18)17(2)11-12-3-7-15-8-4-12/h3-4,7-8,16H,5-6,9-11H2,1-2H3. The largest absolute Gasteiger partial charge is 0.341 e. The van der Waals surface area contributed by atoms with Crippen LogP contribution < -0.4 is 5.32 Å². The second-order valence-electron chi connectivity index (χ2n) is 5.33. The Morgan fingerprint density at radius 2 is 2.00 bits per heavy atom. The molecule has 0 radical (unpaired) electrons. The van der Waals surface area contributed by atoms with Crippen molar-refractivity contribution in [2.24, 2.45) is 5.41 Å². The fourth-order valence-electron chi connectivity index (χ4n) is 2.49. The Morgan fingerprint density at radius 1 is 1.39 bits per heavy atom. The zero-order chi connectivity index (χ0) is 13.0. The lowest BCUT2D eigenvalue weighted by atomic mass is 9.79. The maximum Gasteiger partial charge on any atom is 0.228 e. The van der Waals surface area contributed by atoms with E-state index < -0.39 is 0 Å². The van der Waals surface area contributed by atoms with Gasteiger partial charge in [0, 0.05) is 31.4 Å². The van der Waals surface area contributed by atoms with Crippen molar-refractivity contribution in [2.45, 2.75) is 26.3 Å². The van der Waals surface area contributed by atoms with Crippen molar-refractivity contribution in [3.05, 3.63) is 30.1 Å². The third kappa shape index (κ3) is 2.88. The quantitative estimate of drug-likeness (QED) is 0.879. The Labute approximate surface area is 108 Å². The van der Waals surface area contributed by atoms with Gasteiger partial charge in [0.2, 0.25) is 5.91 Å². The molecule has 1 aliphatic rings. The molecule has 0 unspecified atom stereocenters. The van der Waals surface area contributed by atoms with E-state index in [0.717, 1.165) is 31.5 Å². The van der Waals surface area contributed by atoms with E-state index in [1.165, 1.54) is 0 Å². The number of nitrogens with zero attached hydrogens (tertiary/aromatic N) is 2. The molecule has 1 N–H and O–H groups in total. The van der Waals surface area contributed by atoms with Crippen LogP contribution in [-0.2, 0) is 11.3 Å². The van der Waals surface area contributed by atoms with Crippen LogP contribution >= 0.6 is 0 Å². The molecule has 1 aromatic heterocycles. The average Bonchev–Trinajstić information content (AvgIpc) is 2.40. The Kier molecular flexibility index (Phi) is 3.97. The maximum atomic E-state index is 12.5. The second kappa shape index (κ2) is 5.48. The van der Waals surface area contributed by atoms with Crippen LogP contribution in [0.4, 0.5) is 0 Å². The summed E-state index contributed by atoms with van der Waals surface area (Å²) in [6.45, 7) is 4.61. The monoisotopic (exact) mass is 247 g/mol. The molecule has 0 aliphatic carbocycles. The first-order chi connectivity index (χ1) is 8.62. The van der Waals surface area contributed by atoms with Crippen molar-refractivity contribution >= 4 is 5.91 Å². The van der Waals surface area contributed by atoms with Crippen molar-refractivity contribution in [3.8, 4) is 0 Å². The summed E-state index contributed by atoms with van der Waals surface area (Å²) in [7, 11) is 1.88. The number of carbonyl (C=O) groups excluding carboxylic acids is 1. The van der Waals surface area contributed by atoms with E-state index in [2.05, 4.69) is 17.2 Å². The van der Waals surface area contributed by atoms with Crippen LogP contribution in [0.5, 0.6) is 0 Å². The molecule has 0 bridgehead atoms. The Balaban J connectivity index is 2.00. The summed E-state index contributed by atoms with van der Waals surface area (Å²) in [5, 5.41) is 3.30. The highest BCUT2D eigenvalue weighted by molar-refractivity contribution is 5.82. The van der Waals surface area contributed by atoms with Gasteiger partial charge in [0.15, 0.2) is 0 Å². The first-order valence-corrected chi connectivity index (χ1v) is 6.47. The van der Waals surface area contributed by atoms with Gasteiger partial charge in [-0.1, -0.05) is 6.92 Å². The normalized spacial score (nSPS) is 18.3. The minimum Gasteiger partial charge on any atom is -0.341 e. The van der Waals surface area contributed by atoms with E-state index in [4.69, 9.17) is 0 Å². The number of amides is 1. The molecule has 1 saturated heterocycles. The fourth-order valence-corrected chi connectivity index (χ4v) is 2.49. The second-order valence-corrected chi connectivity index (χ2v) is 5.33. The molecule has 18 heavy (non-hydrogen) atoms. The van der Waals surface area contributed by atoms with E-state index in [-0.39, 0.29) is 11.3 Å². The van der Waals surface area contributed by atoms with Gasteiger partial charge in [0.1, 0.15) is 0 Å². The Morgan fingerprint density at radius 3 is 2.61 bits per heavy atom. The minimum absolute atomic E-state index is 0.201. The van der Waals surface area contributed by atoms with E-state index >= 15 is 0 Å². The number of pyridine rings is 1. The predicted molar refractivity (Wildman–Crippen MR) is 70.9 cm³/mol. The molecule has 4 heteroatoms. The number of hydrogen-bond donors (Lipinski definition) is 1. The third-order valence-corrected chi connectivity index (χ3v) is 3.74. The van der Waals surface area contributed by atoms with Crippen molar-refractivity contribution in [3.63, 3.8) is 0 Å². The molecule has 0 saturated carbocycles. The number of hydrogen-bond acceptors (Lipinski definition) is 3. The molecule has 98 valence electrons. The van der Waals surface area contributed by atoms with E-state index in [9.17, 15) is 4.79 Å². The highest BCUT2D eigenvalue weighted by Gasteiger charge is 2.36. The van der Waals surface area contributed by atoms with Crippen LogP contribution in [0.2, 0.25) is 0 Å².